The van der Waals surface area contributed by atoms with E-state index in [1.165, 1.54) is 31.3 Å². The van der Waals surface area contributed by atoms with Crippen LogP contribution in [-0.2, 0) is 6.18 Å². The number of imide groups is 1. The van der Waals surface area contributed by atoms with Crippen molar-refractivity contribution in [2.45, 2.75) is 38.0 Å². The van der Waals surface area contributed by atoms with Gasteiger partial charge >= 0.3 is 6.18 Å². The van der Waals surface area contributed by atoms with Gasteiger partial charge in [-0.05, 0) is 55.7 Å². The fourth-order valence-electron chi connectivity index (χ4n) is 3.79. The van der Waals surface area contributed by atoms with E-state index in [0.29, 0.717) is 5.56 Å². The molecule has 1 saturated carbocycles. The highest BCUT2D eigenvalue weighted by Crippen LogP contribution is 2.38. The van der Waals surface area contributed by atoms with Crippen molar-refractivity contribution >= 4 is 17.7 Å². The van der Waals surface area contributed by atoms with Gasteiger partial charge in [0.2, 0.25) is 0 Å². The smallest absolute Gasteiger partial charge is 0.329 e. The summed E-state index contributed by atoms with van der Waals surface area (Å²) < 4.78 is 39.3. The zero-order valence-corrected chi connectivity index (χ0v) is 16.4. The normalized spacial score (nSPS) is 17.2. The number of amides is 3. The summed E-state index contributed by atoms with van der Waals surface area (Å²) in [5.74, 6) is -1.28. The lowest BCUT2D eigenvalue weighted by Gasteiger charge is -2.30. The van der Waals surface area contributed by atoms with Crippen LogP contribution < -0.4 is 0 Å². The van der Waals surface area contributed by atoms with Crippen molar-refractivity contribution in [3.8, 4) is 0 Å². The molecular formula is C22H19F3N2O3. The van der Waals surface area contributed by atoms with Crippen LogP contribution in [0.4, 0.5) is 13.2 Å². The van der Waals surface area contributed by atoms with Crippen LogP contribution in [0.5, 0.6) is 0 Å². The highest BCUT2D eigenvalue weighted by atomic mass is 19.4. The van der Waals surface area contributed by atoms with Crippen LogP contribution in [-0.4, -0.2) is 40.6 Å². The molecule has 156 valence electrons. The maximum atomic E-state index is 13.3. The first-order valence-corrected chi connectivity index (χ1v) is 9.56. The van der Waals surface area contributed by atoms with Crippen molar-refractivity contribution in [1.29, 1.82) is 0 Å². The number of alkyl halides is 3. The molecule has 0 radical (unpaired) electrons. The van der Waals surface area contributed by atoms with Crippen LogP contribution in [0.2, 0.25) is 0 Å². The fourth-order valence-corrected chi connectivity index (χ4v) is 3.79. The monoisotopic (exact) mass is 416 g/mol. The molecular weight excluding hydrogens is 397 g/mol. The second-order valence-corrected chi connectivity index (χ2v) is 7.67. The van der Waals surface area contributed by atoms with E-state index in [4.69, 9.17) is 0 Å². The van der Waals surface area contributed by atoms with E-state index >= 15 is 0 Å². The quantitative estimate of drug-likeness (QED) is 0.699. The van der Waals surface area contributed by atoms with Crippen LogP contribution in [0, 0.1) is 0 Å². The molecule has 4 rings (SSSR count). The molecule has 0 unspecified atom stereocenters. The van der Waals surface area contributed by atoms with Gasteiger partial charge in [-0.3, -0.25) is 19.3 Å². The SMILES string of the molecule is C[C@H](c1cccc(C(F)(F)F)c1)N(C(=O)c1ccc2c(c1)C(=O)N(C)C2=O)C1CC1. The number of hydrogen-bond acceptors (Lipinski definition) is 3. The Balaban J connectivity index is 1.67. The van der Waals surface area contributed by atoms with E-state index in [9.17, 15) is 27.6 Å². The lowest BCUT2D eigenvalue weighted by molar-refractivity contribution is -0.137. The molecule has 3 amide bonds. The standard InChI is InChI=1S/C22H19F3N2O3/c1-12(13-4-3-5-15(10-13)22(23,24)25)27(16-7-8-16)19(28)14-6-9-17-18(11-14)21(30)26(2)20(17)29/h3-6,9-12,16H,7-8H2,1-2H3/t12-/m1/s1. The number of carbonyl (C=O) groups excluding carboxylic acids is 3. The van der Waals surface area contributed by atoms with Gasteiger partial charge in [-0.1, -0.05) is 12.1 Å². The topological polar surface area (TPSA) is 57.7 Å². The van der Waals surface area contributed by atoms with E-state index < -0.39 is 29.6 Å². The summed E-state index contributed by atoms with van der Waals surface area (Å²) in [5, 5.41) is 0. The van der Waals surface area contributed by atoms with Gasteiger partial charge in [0, 0.05) is 18.7 Å². The zero-order chi connectivity index (χ0) is 21.8. The highest BCUT2D eigenvalue weighted by molar-refractivity contribution is 6.21. The molecule has 1 heterocycles. The summed E-state index contributed by atoms with van der Waals surface area (Å²) in [7, 11) is 1.37. The van der Waals surface area contributed by atoms with Crippen molar-refractivity contribution in [2.24, 2.45) is 0 Å². The van der Waals surface area contributed by atoms with Crippen molar-refractivity contribution in [2.75, 3.05) is 7.05 Å². The van der Waals surface area contributed by atoms with Crippen LogP contribution in [0.25, 0.3) is 0 Å². The second-order valence-electron chi connectivity index (χ2n) is 7.67. The number of halogens is 3. The van der Waals surface area contributed by atoms with Crippen molar-refractivity contribution in [1.82, 2.24) is 9.80 Å². The van der Waals surface area contributed by atoms with Gasteiger partial charge in [0.05, 0.1) is 22.7 Å². The molecule has 0 aromatic heterocycles. The molecule has 0 spiro atoms. The van der Waals surface area contributed by atoms with Gasteiger partial charge in [-0.15, -0.1) is 0 Å². The third-order valence-corrected chi connectivity index (χ3v) is 5.62. The minimum Gasteiger partial charge on any atom is -0.329 e. The van der Waals surface area contributed by atoms with Crippen LogP contribution in [0.1, 0.15) is 68.0 Å². The van der Waals surface area contributed by atoms with Crippen LogP contribution >= 0.6 is 0 Å². The number of fused-ring (bicyclic) bond motifs is 1. The predicted octanol–water partition coefficient (Wildman–Crippen LogP) is 4.30. The minimum atomic E-state index is -4.47. The Labute approximate surface area is 171 Å². The molecule has 1 aliphatic heterocycles. The summed E-state index contributed by atoms with van der Waals surface area (Å²) in [6, 6.07) is 8.65. The molecule has 5 nitrogen and oxygen atoms in total. The summed E-state index contributed by atoms with van der Waals surface area (Å²) in [5.41, 5.74) is 0.256. The summed E-state index contributed by atoms with van der Waals surface area (Å²) >= 11 is 0. The van der Waals surface area contributed by atoms with Gasteiger partial charge in [0.1, 0.15) is 0 Å². The molecule has 1 fully saturated rings. The predicted molar refractivity (Wildman–Crippen MR) is 102 cm³/mol. The maximum Gasteiger partial charge on any atom is 0.416 e. The van der Waals surface area contributed by atoms with E-state index in [1.54, 1.807) is 17.9 Å². The molecule has 0 bridgehead atoms. The van der Waals surface area contributed by atoms with E-state index in [2.05, 4.69) is 0 Å². The van der Waals surface area contributed by atoms with Crippen molar-refractivity contribution < 1.29 is 27.6 Å². The van der Waals surface area contributed by atoms with Gasteiger partial charge in [-0.2, -0.15) is 13.2 Å². The number of rotatable bonds is 4. The Bertz CT molecular complexity index is 1060. The average Bonchev–Trinajstić information content (AvgIpc) is 3.53. The maximum absolute atomic E-state index is 13.3. The largest absolute Gasteiger partial charge is 0.416 e. The molecule has 0 N–H and O–H groups in total. The van der Waals surface area contributed by atoms with Gasteiger partial charge in [0.25, 0.3) is 17.7 Å². The van der Waals surface area contributed by atoms with E-state index in [1.807, 2.05) is 0 Å². The summed E-state index contributed by atoms with van der Waals surface area (Å²) in [6.45, 7) is 1.70. The Kier molecular flexibility index (Phi) is 4.67. The van der Waals surface area contributed by atoms with Gasteiger partial charge in [-0.25, -0.2) is 0 Å². The molecule has 0 saturated heterocycles. The van der Waals surface area contributed by atoms with E-state index in [-0.39, 0.29) is 28.6 Å². The Hall–Kier alpha value is -3.16. The molecule has 2 aliphatic rings. The molecule has 8 heteroatoms. The fraction of sp³-hybridized carbons (Fsp3) is 0.318. The first-order chi connectivity index (χ1) is 14.1. The third kappa shape index (κ3) is 3.36. The molecule has 30 heavy (non-hydrogen) atoms. The molecule has 2 aromatic rings. The zero-order valence-electron chi connectivity index (χ0n) is 16.4. The van der Waals surface area contributed by atoms with Crippen molar-refractivity contribution in [3.63, 3.8) is 0 Å². The summed E-state index contributed by atoms with van der Waals surface area (Å²) in [4.78, 5) is 40.2. The lowest BCUT2D eigenvalue weighted by Crippen LogP contribution is -2.35. The van der Waals surface area contributed by atoms with Crippen molar-refractivity contribution in [3.05, 3.63) is 70.3 Å². The van der Waals surface area contributed by atoms with Gasteiger partial charge < -0.3 is 4.90 Å². The minimum absolute atomic E-state index is 0.0738. The lowest BCUT2D eigenvalue weighted by atomic mass is 10.0. The first-order valence-electron chi connectivity index (χ1n) is 9.56. The van der Waals surface area contributed by atoms with E-state index in [0.717, 1.165) is 29.9 Å². The third-order valence-electron chi connectivity index (χ3n) is 5.62. The Morgan fingerprint density at radius 2 is 1.73 bits per heavy atom. The number of carbonyl (C=O) groups is 3. The molecule has 1 aliphatic carbocycles. The highest BCUT2D eigenvalue weighted by Gasteiger charge is 2.39. The first kappa shape index (κ1) is 20.1. The molecule has 1 atom stereocenters. The second kappa shape index (κ2) is 6.97. The number of nitrogens with zero attached hydrogens (tertiary/aromatic N) is 2. The van der Waals surface area contributed by atoms with Gasteiger partial charge in [0.15, 0.2) is 0 Å². The number of hydrogen-bond donors (Lipinski definition) is 0. The van der Waals surface area contributed by atoms with Crippen LogP contribution in [0.3, 0.4) is 0 Å². The number of benzene rings is 2. The Morgan fingerprint density at radius 3 is 2.37 bits per heavy atom. The summed E-state index contributed by atoms with van der Waals surface area (Å²) in [6.07, 6.45) is -2.94. The van der Waals surface area contributed by atoms with Crippen LogP contribution in [0.15, 0.2) is 42.5 Å². The molecule has 2 aromatic carbocycles. The average molecular weight is 416 g/mol. The Morgan fingerprint density at radius 1 is 1.07 bits per heavy atom.